The third-order valence-electron chi connectivity index (χ3n) is 16.0. The first-order valence-corrected chi connectivity index (χ1v) is 26.7. The summed E-state index contributed by atoms with van der Waals surface area (Å²) in [5.41, 5.74) is 4.17. The van der Waals surface area contributed by atoms with Crippen LogP contribution < -0.4 is 15.4 Å². The van der Waals surface area contributed by atoms with E-state index in [1.807, 2.05) is 63.1 Å². The highest BCUT2D eigenvalue weighted by Gasteiger charge is 2.57. The SMILES string of the molecule is COC(=O)NC(C(=O)N1[C@@H]2C[C@@H]2C[C@H]1c1ncc(-c2ccc3c(c2)cc2n3C(c3cnc(C4CC4)s3)Oc3cc(-c4cnc([C@@H]5CCCN5C(=O)[C@@H](NC(=O)OC)C(C)C)[nH]4)cc(F)c3-2)[nH]1)C1CCOC(C)(C)C1. The normalized spacial score (nSPS) is 24.4. The number of aromatic nitrogens is 6. The summed E-state index contributed by atoms with van der Waals surface area (Å²) in [5, 5.41) is 7.53. The van der Waals surface area contributed by atoms with Crippen LogP contribution in [0.3, 0.4) is 0 Å². The first-order valence-electron chi connectivity index (χ1n) is 25.8. The number of imidazole rings is 2. The molecule has 8 atom stereocenters. The molecule has 74 heavy (non-hydrogen) atoms. The average molecular weight is 1030 g/mol. The van der Waals surface area contributed by atoms with Gasteiger partial charge >= 0.3 is 12.2 Å². The van der Waals surface area contributed by atoms with Crippen LogP contribution in [0.2, 0.25) is 0 Å². The summed E-state index contributed by atoms with van der Waals surface area (Å²) in [4.78, 5) is 79.3. The van der Waals surface area contributed by atoms with Crippen molar-refractivity contribution in [3.05, 3.63) is 82.3 Å². The van der Waals surface area contributed by atoms with Gasteiger partial charge in [-0.05, 0) is 113 Å². The third kappa shape index (κ3) is 8.66. The number of aromatic amines is 2. The van der Waals surface area contributed by atoms with Crippen molar-refractivity contribution in [2.45, 2.75) is 127 Å². The predicted molar refractivity (Wildman–Crippen MR) is 271 cm³/mol. The number of ether oxygens (including phenoxy) is 4. The molecule has 18 nitrogen and oxygen atoms in total. The Morgan fingerprint density at radius 3 is 2.34 bits per heavy atom. The minimum atomic E-state index is -0.775. The minimum Gasteiger partial charge on any atom is -0.464 e. The van der Waals surface area contributed by atoms with E-state index in [4.69, 9.17) is 33.9 Å². The molecule has 5 fully saturated rings. The Morgan fingerprint density at radius 2 is 1.61 bits per heavy atom. The maximum atomic E-state index is 17.0. The number of H-pyrrole nitrogens is 2. The number of carbonyl (C=O) groups excluding carboxylic acids is 4. The molecule has 0 radical (unpaired) electrons. The fourth-order valence-corrected chi connectivity index (χ4v) is 13.1. The van der Waals surface area contributed by atoms with E-state index in [-0.39, 0.29) is 41.8 Å². The van der Waals surface area contributed by atoms with Gasteiger partial charge in [0.2, 0.25) is 18.0 Å². The highest BCUT2D eigenvalue weighted by atomic mass is 32.1. The molecule has 6 aliphatic rings. The van der Waals surface area contributed by atoms with Gasteiger partial charge < -0.3 is 49.3 Å². The van der Waals surface area contributed by atoms with Gasteiger partial charge in [-0.2, -0.15) is 0 Å². The number of fused-ring (bicyclic) bond motifs is 6. The number of hydrogen-bond donors (Lipinski definition) is 4. The Bertz CT molecular complexity index is 3190. The van der Waals surface area contributed by atoms with E-state index >= 15 is 4.39 Å². The van der Waals surface area contributed by atoms with Crippen molar-refractivity contribution in [1.82, 2.24) is 49.9 Å². The van der Waals surface area contributed by atoms with Crippen LogP contribution in [0.1, 0.15) is 125 Å². The van der Waals surface area contributed by atoms with E-state index in [9.17, 15) is 19.2 Å². The number of methoxy groups -OCH3 is 2. The number of hydrogen-bond acceptors (Lipinski definition) is 12. The quantitative estimate of drug-likeness (QED) is 0.0908. The van der Waals surface area contributed by atoms with Crippen molar-refractivity contribution in [1.29, 1.82) is 0 Å². The molecule has 6 aromatic rings. The maximum Gasteiger partial charge on any atom is 0.407 e. The van der Waals surface area contributed by atoms with Gasteiger partial charge in [0.15, 0.2) is 0 Å². The highest BCUT2D eigenvalue weighted by molar-refractivity contribution is 7.11. The van der Waals surface area contributed by atoms with Crippen LogP contribution in [0.15, 0.2) is 55.0 Å². The summed E-state index contributed by atoms with van der Waals surface area (Å²) in [6.45, 7) is 8.78. The second-order valence-electron chi connectivity index (χ2n) is 21.8. The van der Waals surface area contributed by atoms with Gasteiger partial charge in [-0.3, -0.25) is 14.2 Å². The molecule has 2 aliphatic carbocycles. The number of benzene rings is 2. The number of halogens is 1. The zero-order valence-electron chi connectivity index (χ0n) is 42.3. The molecular formula is C54H61FN10O8S. The lowest BCUT2D eigenvalue weighted by Gasteiger charge is -2.40. The van der Waals surface area contributed by atoms with Gasteiger partial charge in [-0.1, -0.05) is 19.9 Å². The van der Waals surface area contributed by atoms with Gasteiger partial charge in [0, 0.05) is 47.8 Å². The fourth-order valence-electron chi connectivity index (χ4n) is 12.0. The Labute approximate surface area is 431 Å². The van der Waals surface area contributed by atoms with Crippen molar-refractivity contribution in [3.8, 4) is 39.5 Å². The summed E-state index contributed by atoms with van der Waals surface area (Å²) in [5.74, 6) is 1.32. The van der Waals surface area contributed by atoms with Crippen LogP contribution in [0, 0.1) is 23.6 Å². The molecule has 4 aliphatic heterocycles. The lowest BCUT2D eigenvalue weighted by molar-refractivity contribution is -0.140. The molecule has 4 aromatic heterocycles. The smallest absolute Gasteiger partial charge is 0.407 e. The number of rotatable bonds is 12. The second-order valence-corrected chi connectivity index (χ2v) is 22.9. The van der Waals surface area contributed by atoms with E-state index in [2.05, 4.69) is 31.2 Å². The fraction of sp³-hybridized carbons (Fsp3) is 0.500. The molecule has 2 saturated carbocycles. The van der Waals surface area contributed by atoms with E-state index in [1.165, 1.54) is 20.3 Å². The van der Waals surface area contributed by atoms with Crippen LogP contribution in [0.25, 0.3) is 44.7 Å². The first-order chi connectivity index (χ1) is 35.7. The van der Waals surface area contributed by atoms with Crippen LogP contribution in [-0.2, 0) is 23.8 Å². The average Bonchev–Trinajstić information content (AvgIpc) is 3.84. The zero-order valence-corrected chi connectivity index (χ0v) is 43.1. The molecule has 3 saturated heterocycles. The van der Waals surface area contributed by atoms with Gasteiger partial charge in [0.1, 0.15) is 35.3 Å². The molecule has 388 valence electrons. The lowest BCUT2D eigenvalue weighted by Crippen LogP contribution is -2.55. The van der Waals surface area contributed by atoms with Crippen LogP contribution >= 0.6 is 11.3 Å². The Hall–Kier alpha value is -6.80. The van der Waals surface area contributed by atoms with E-state index < -0.39 is 41.9 Å². The molecule has 4 N–H and O–H groups in total. The number of amides is 4. The summed E-state index contributed by atoms with van der Waals surface area (Å²) in [7, 11) is 2.58. The molecule has 4 amide bonds. The summed E-state index contributed by atoms with van der Waals surface area (Å²) >= 11 is 1.62. The number of likely N-dealkylation sites (tertiary alicyclic amines) is 2. The van der Waals surface area contributed by atoms with E-state index in [0.717, 1.165) is 64.1 Å². The Morgan fingerprint density at radius 1 is 0.865 bits per heavy atom. The molecule has 12 rings (SSSR count). The number of carbonyl (C=O) groups is 4. The van der Waals surface area contributed by atoms with E-state index in [0.29, 0.717) is 84.2 Å². The van der Waals surface area contributed by atoms with Gasteiger partial charge in [0.05, 0.1) is 82.3 Å². The maximum absolute atomic E-state index is 17.0. The van der Waals surface area contributed by atoms with Crippen molar-refractivity contribution in [2.24, 2.45) is 17.8 Å². The molecule has 0 bridgehead atoms. The Balaban J connectivity index is 0.849. The molecule has 0 spiro atoms. The van der Waals surface area contributed by atoms with Crippen molar-refractivity contribution < 1.29 is 42.5 Å². The number of nitrogens with one attached hydrogen (secondary N) is 4. The number of thiazole rings is 1. The van der Waals surface area contributed by atoms with Crippen molar-refractivity contribution >= 4 is 46.2 Å². The van der Waals surface area contributed by atoms with Crippen LogP contribution in [0.4, 0.5) is 14.0 Å². The second kappa shape index (κ2) is 18.5. The largest absolute Gasteiger partial charge is 0.464 e. The summed E-state index contributed by atoms with van der Waals surface area (Å²) in [6.07, 6.45) is 9.98. The van der Waals surface area contributed by atoms with Crippen molar-refractivity contribution in [2.75, 3.05) is 27.4 Å². The van der Waals surface area contributed by atoms with Gasteiger partial charge in [0.25, 0.3) is 0 Å². The molecule has 3 unspecified atom stereocenters. The topological polar surface area (TPSA) is 211 Å². The van der Waals surface area contributed by atoms with Crippen molar-refractivity contribution in [3.63, 3.8) is 0 Å². The summed E-state index contributed by atoms with van der Waals surface area (Å²) < 4.78 is 41.8. The molecule has 20 heteroatoms. The van der Waals surface area contributed by atoms with Gasteiger partial charge in [-0.15, -0.1) is 11.3 Å². The molecule has 2 aromatic carbocycles. The first kappa shape index (κ1) is 48.2. The standard InChI is InChI=1S/C54H61FN10O8S/c1-26(2)44(61-52(68)70-5)49(66)63-14-7-8-37(63)46-56-24-35(60-46)30-17-33(55)43-39-19-31-16-28(11-12-36(31)65(39)51(73-41(43)21-30)42-25-58-48(74-42)27-9-10-27)34-23-57-47(59-34)40-20-32-18-38(32)64(40)50(67)45(62-53(69)71-6)29-13-15-72-54(3,4)22-29/h11-12,16-17,19,21,23-27,29,32,37-38,40,44-45,51H,7-10,13-15,18,20,22H2,1-6H3,(H,56,60)(H,57,59)(H,61,68)(H,62,69)/t29?,32-,37+,38-,40+,44+,45?,51?/m1/s1. The molecular weight excluding hydrogens is 968 g/mol. The molecule has 8 heterocycles. The monoisotopic (exact) mass is 1030 g/mol. The van der Waals surface area contributed by atoms with Crippen LogP contribution in [0.5, 0.6) is 5.75 Å². The van der Waals surface area contributed by atoms with Crippen LogP contribution in [-0.4, -0.2) is 114 Å². The predicted octanol–water partition coefficient (Wildman–Crippen LogP) is 9.14. The number of nitrogens with zero attached hydrogens (tertiary/aromatic N) is 6. The summed E-state index contributed by atoms with van der Waals surface area (Å²) in [6, 6.07) is 9.34. The van der Waals surface area contributed by atoms with E-state index in [1.54, 1.807) is 28.6 Å². The third-order valence-corrected chi connectivity index (χ3v) is 17.2. The highest BCUT2D eigenvalue weighted by Crippen LogP contribution is 2.54. The number of piperidine rings is 1. The van der Waals surface area contributed by atoms with Gasteiger partial charge in [-0.25, -0.2) is 28.9 Å². The Kier molecular flexibility index (Phi) is 12.1. The lowest BCUT2D eigenvalue weighted by atomic mass is 9.82. The zero-order chi connectivity index (χ0) is 51.3. The number of alkyl carbamates (subject to hydrolysis) is 2. The minimum absolute atomic E-state index is 0.0761.